The molecule has 34 heavy (non-hydrogen) atoms. The second kappa shape index (κ2) is 10.2. The first-order valence-corrected chi connectivity index (χ1v) is 11.3. The predicted molar refractivity (Wildman–Crippen MR) is 128 cm³/mol. The van der Waals surface area contributed by atoms with Crippen LogP contribution in [0.25, 0.3) is 17.0 Å². The summed E-state index contributed by atoms with van der Waals surface area (Å²) in [5, 5.41) is 6.97. The van der Waals surface area contributed by atoms with E-state index >= 15 is 0 Å². The molecule has 1 saturated heterocycles. The Morgan fingerprint density at radius 2 is 1.79 bits per heavy atom. The van der Waals surface area contributed by atoms with E-state index in [-0.39, 0.29) is 23.4 Å². The van der Waals surface area contributed by atoms with E-state index in [1.807, 2.05) is 6.20 Å². The van der Waals surface area contributed by atoms with Crippen molar-refractivity contribution in [3.8, 4) is 0 Å². The molecule has 1 aromatic heterocycles. The molecule has 2 amide bonds. The third kappa shape index (κ3) is 5.34. The summed E-state index contributed by atoms with van der Waals surface area (Å²) in [6, 6.07) is 10.4. The monoisotopic (exact) mass is 466 g/mol. The Bertz CT molecular complexity index is 1200. The number of nitrogens with zero attached hydrogens (tertiary/aromatic N) is 1. The molecule has 1 fully saturated rings. The zero-order valence-corrected chi connectivity index (χ0v) is 19.0. The van der Waals surface area contributed by atoms with Crippen molar-refractivity contribution < 1.29 is 18.4 Å². The highest BCUT2D eigenvalue weighted by Crippen LogP contribution is 2.23. The van der Waals surface area contributed by atoms with Gasteiger partial charge in [-0.1, -0.05) is 12.1 Å². The minimum atomic E-state index is -1.00. The molecular formula is C26H28F2N4O2. The number of fused-ring (bicyclic) bond motifs is 1. The Kier molecular flexibility index (Phi) is 7.07. The molecule has 3 N–H and O–H groups in total. The summed E-state index contributed by atoms with van der Waals surface area (Å²) in [7, 11) is 1.72. The Labute approximate surface area is 197 Å². The van der Waals surface area contributed by atoms with Gasteiger partial charge in [-0.05, 0) is 79.9 Å². The van der Waals surface area contributed by atoms with Gasteiger partial charge in [0.2, 0.25) is 11.8 Å². The lowest BCUT2D eigenvalue weighted by molar-refractivity contribution is -0.141. The van der Waals surface area contributed by atoms with Gasteiger partial charge >= 0.3 is 0 Å². The number of carbonyl (C=O) groups excluding carboxylic acids is 2. The lowest BCUT2D eigenvalue weighted by Crippen LogP contribution is -2.63. The summed E-state index contributed by atoms with van der Waals surface area (Å²) < 4.78 is 26.8. The summed E-state index contributed by atoms with van der Waals surface area (Å²) in [5.41, 5.74) is 1.46. The van der Waals surface area contributed by atoms with Crippen LogP contribution >= 0.6 is 0 Å². The van der Waals surface area contributed by atoms with E-state index in [0.29, 0.717) is 44.5 Å². The first-order valence-electron chi connectivity index (χ1n) is 11.3. The molecule has 0 unspecified atom stereocenters. The third-order valence-electron chi connectivity index (χ3n) is 6.32. The number of hydrogen-bond donors (Lipinski definition) is 3. The van der Waals surface area contributed by atoms with E-state index in [2.05, 4.69) is 15.6 Å². The molecule has 0 saturated carbocycles. The Balaban J connectivity index is 1.43. The number of likely N-dealkylation sites (N-methyl/N-ethyl adjacent to an activating group) is 1. The van der Waals surface area contributed by atoms with Gasteiger partial charge in [0, 0.05) is 36.8 Å². The number of rotatable bonds is 7. The van der Waals surface area contributed by atoms with Gasteiger partial charge in [-0.2, -0.15) is 0 Å². The van der Waals surface area contributed by atoms with Gasteiger partial charge in [-0.3, -0.25) is 9.59 Å². The smallest absolute Gasteiger partial charge is 0.248 e. The molecule has 1 aliphatic rings. The minimum absolute atomic E-state index is 0.149. The number of nitrogens with one attached hydrogen (secondary N) is 3. The summed E-state index contributed by atoms with van der Waals surface area (Å²) in [6.07, 6.45) is 6.30. The van der Waals surface area contributed by atoms with Gasteiger partial charge in [0.15, 0.2) is 0 Å². The first-order chi connectivity index (χ1) is 16.4. The first kappa shape index (κ1) is 23.6. The zero-order chi connectivity index (χ0) is 24.1. The molecule has 8 heteroatoms. The van der Waals surface area contributed by atoms with Crippen molar-refractivity contribution in [2.24, 2.45) is 0 Å². The SMILES string of the molecule is CN(CCc1c[nH]c2ccc(F)cc12)C(=O)C1(NC(=O)C=Cc2ccc(F)cc2)CCNCC1. The summed E-state index contributed by atoms with van der Waals surface area (Å²) >= 11 is 0. The molecule has 4 rings (SSSR count). The lowest BCUT2D eigenvalue weighted by atomic mass is 9.86. The molecule has 0 radical (unpaired) electrons. The number of carbonyl (C=O) groups is 2. The van der Waals surface area contributed by atoms with Gasteiger partial charge in [0.05, 0.1) is 0 Å². The van der Waals surface area contributed by atoms with Gasteiger partial charge in [-0.15, -0.1) is 0 Å². The van der Waals surface area contributed by atoms with Crippen LogP contribution in [-0.4, -0.2) is 53.9 Å². The fourth-order valence-electron chi connectivity index (χ4n) is 4.38. The molecule has 6 nitrogen and oxygen atoms in total. The maximum atomic E-state index is 13.7. The maximum Gasteiger partial charge on any atom is 0.248 e. The van der Waals surface area contributed by atoms with E-state index in [4.69, 9.17) is 0 Å². The zero-order valence-electron chi connectivity index (χ0n) is 19.0. The molecule has 0 bridgehead atoms. The van der Waals surface area contributed by atoms with Crippen molar-refractivity contribution in [3.05, 3.63) is 77.5 Å². The van der Waals surface area contributed by atoms with Crippen molar-refractivity contribution in [2.75, 3.05) is 26.7 Å². The second-order valence-electron chi connectivity index (χ2n) is 8.69. The fourth-order valence-corrected chi connectivity index (χ4v) is 4.38. The standard InChI is InChI=1S/C26H28F2N4O2/c1-32(15-10-19-17-30-23-8-7-21(28)16-22(19)23)25(34)26(11-13-29-14-12-26)31-24(33)9-4-18-2-5-20(27)6-3-18/h2-9,16-17,29-30H,10-15H2,1H3,(H,31,33). The van der Waals surface area contributed by atoms with Crippen LogP contribution in [0.1, 0.15) is 24.0 Å². The van der Waals surface area contributed by atoms with E-state index in [1.54, 1.807) is 36.2 Å². The summed E-state index contributed by atoms with van der Waals surface area (Å²) in [6.45, 7) is 1.66. The number of piperidine rings is 1. The van der Waals surface area contributed by atoms with E-state index in [9.17, 15) is 18.4 Å². The largest absolute Gasteiger partial charge is 0.361 e. The Morgan fingerprint density at radius 3 is 2.53 bits per heavy atom. The average Bonchev–Trinajstić information content (AvgIpc) is 3.24. The third-order valence-corrected chi connectivity index (χ3v) is 6.32. The molecule has 3 aromatic rings. The number of hydrogen-bond acceptors (Lipinski definition) is 3. The number of amides is 2. The van der Waals surface area contributed by atoms with E-state index in [1.165, 1.54) is 30.3 Å². The van der Waals surface area contributed by atoms with Crippen LogP contribution < -0.4 is 10.6 Å². The summed E-state index contributed by atoms with van der Waals surface area (Å²) in [4.78, 5) is 31.0. The van der Waals surface area contributed by atoms with Crippen LogP contribution in [0.2, 0.25) is 0 Å². The van der Waals surface area contributed by atoms with Crippen molar-refractivity contribution in [3.63, 3.8) is 0 Å². The molecule has 0 aliphatic carbocycles. The quantitative estimate of drug-likeness (QED) is 0.467. The minimum Gasteiger partial charge on any atom is -0.361 e. The van der Waals surface area contributed by atoms with E-state index < -0.39 is 5.54 Å². The van der Waals surface area contributed by atoms with Crippen LogP contribution in [0.4, 0.5) is 8.78 Å². The van der Waals surface area contributed by atoms with Gasteiger partial charge in [-0.25, -0.2) is 8.78 Å². The molecule has 2 aromatic carbocycles. The maximum absolute atomic E-state index is 13.7. The van der Waals surface area contributed by atoms with Gasteiger partial charge < -0.3 is 20.5 Å². The van der Waals surface area contributed by atoms with Crippen LogP contribution in [0, 0.1) is 11.6 Å². The Morgan fingerprint density at radius 1 is 1.09 bits per heavy atom. The number of H-pyrrole nitrogens is 1. The van der Waals surface area contributed by atoms with E-state index in [0.717, 1.165) is 16.5 Å². The number of halogens is 2. The number of benzene rings is 2. The topological polar surface area (TPSA) is 77.2 Å². The second-order valence-corrected chi connectivity index (χ2v) is 8.69. The van der Waals surface area contributed by atoms with Gasteiger partial charge in [0.25, 0.3) is 0 Å². The van der Waals surface area contributed by atoms with Crippen LogP contribution in [0.15, 0.2) is 54.7 Å². The predicted octanol–water partition coefficient (Wildman–Crippen LogP) is 3.40. The highest BCUT2D eigenvalue weighted by molar-refractivity contribution is 5.97. The lowest BCUT2D eigenvalue weighted by Gasteiger charge is -2.39. The highest BCUT2D eigenvalue weighted by Gasteiger charge is 2.42. The molecule has 0 atom stereocenters. The molecule has 2 heterocycles. The summed E-state index contributed by atoms with van der Waals surface area (Å²) in [5.74, 6) is -1.17. The van der Waals surface area contributed by atoms with Crippen molar-refractivity contribution in [1.82, 2.24) is 20.5 Å². The van der Waals surface area contributed by atoms with Crippen LogP contribution in [0.3, 0.4) is 0 Å². The van der Waals surface area contributed by atoms with Crippen molar-refractivity contribution >= 4 is 28.8 Å². The molecular weight excluding hydrogens is 438 g/mol. The van der Waals surface area contributed by atoms with Crippen LogP contribution in [0.5, 0.6) is 0 Å². The Hall–Kier alpha value is -3.52. The highest BCUT2D eigenvalue weighted by atomic mass is 19.1. The van der Waals surface area contributed by atoms with Crippen LogP contribution in [-0.2, 0) is 16.0 Å². The van der Waals surface area contributed by atoms with Crippen molar-refractivity contribution in [2.45, 2.75) is 24.8 Å². The molecule has 0 spiro atoms. The molecule has 178 valence electrons. The number of aromatic nitrogens is 1. The number of aromatic amines is 1. The fraction of sp³-hybridized carbons (Fsp3) is 0.308. The average molecular weight is 467 g/mol. The molecule has 1 aliphatic heterocycles. The normalized spacial score (nSPS) is 15.5. The van der Waals surface area contributed by atoms with Gasteiger partial charge in [0.1, 0.15) is 17.2 Å². The van der Waals surface area contributed by atoms with Crippen molar-refractivity contribution in [1.29, 1.82) is 0 Å².